The highest BCUT2D eigenvalue weighted by atomic mass is 35.5. The molecule has 1 aliphatic rings. The molecule has 1 aromatic rings. The Morgan fingerprint density at radius 3 is 2.47 bits per heavy atom. The Hall–Kier alpha value is -0.870. The SMILES string of the molecule is CCc1nc(Cl)c(C)c(NCC2(N(C)C)CCC2)n1. The summed E-state index contributed by atoms with van der Waals surface area (Å²) in [4.78, 5) is 11.1. The lowest BCUT2D eigenvalue weighted by molar-refractivity contribution is 0.0738. The predicted molar refractivity (Wildman–Crippen MR) is 79.9 cm³/mol. The van der Waals surface area contributed by atoms with E-state index in [1.54, 1.807) is 0 Å². The number of aromatic nitrogens is 2. The van der Waals surface area contributed by atoms with E-state index in [0.29, 0.717) is 5.15 Å². The molecule has 106 valence electrons. The minimum Gasteiger partial charge on any atom is -0.368 e. The lowest BCUT2D eigenvalue weighted by atomic mass is 9.75. The molecule has 1 N–H and O–H groups in total. The Bertz CT molecular complexity index is 455. The molecule has 1 heterocycles. The molecule has 0 saturated heterocycles. The van der Waals surface area contributed by atoms with Crippen LogP contribution in [0.2, 0.25) is 5.15 Å². The third-order valence-electron chi connectivity index (χ3n) is 4.27. The Balaban J connectivity index is 2.13. The fourth-order valence-corrected chi connectivity index (χ4v) is 2.67. The van der Waals surface area contributed by atoms with Crippen molar-refractivity contribution < 1.29 is 0 Å². The average Bonchev–Trinajstić information content (AvgIpc) is 2.32. The summed E-state index contributed by atoms with van der Waals surface area (Å²) in [5, 5.41) is 4.03. The van der Waals surface area contributed by atoms with Crippen LogP contribution in [-0.4, -0.2) is 41.0 Å². The van der Waals surface area contributed by atoms with E-state index in [1.807, 2.05) is 13.8 Å². The van der Waals surface area contributed by atoms with Gasteiger partial charge in [0.05, 0.1) is 0 Å². The highest BCUT2D eigenvalue weighted by molar-refractivity contribution is 6.30. The number of anilines is 1. The molecular formula is C14H23ClN4. The van der Waals surface area contributed by atoms with Gasteiger partial charge >= 0.3 is 0 Å². The topological polar surface area (TPSA) is 41.1 Å². The number of aryl methyl sites for hydroxylation is 1. The largest absolute Gasteiger partial charge is 0.368 e. The summed E-state index contributed by atoms with van der Waals surface area (Å²) in [6.07, 6.45) is 4.59. The fraction of sp³-hybridized carbons (Fsp3) is 0.714. The van der Waals surface area contributed by atoms with Crippen molar-refractivity contribution in [3.05, 3.63) is 16.5 Å². The van der Waals surface area contributed by atoms with Gasteiger partial charge in [-0.15, -0.1) is 0 Å². The molecule has 0 spiro atoms. The first-order valence-corrected chi connectivity index (χ1v) is 7.30. The minimum atomic E-state index is 0.274. The van der Waals surface area contributed by atoms with E-state index in [-0.39, 0.29) is 5.54 Å². The first-order chi connectivity index (χ1) is 8.98. The molecule has 0 atom stereocenters. The summed E-state index contributed by atoms with van der Waals surface area (Å²) in [7, 11) is 4.30. The number of hydrogen-bond donors (Lipinski definition) is 1. The van der Waals surface area contributed by atoms with Crippen LogP contribution in [0.25, 0.3) is 0 Å². The molecule has 1 aromatic heterocycles. The van der Waals surface area contributed by atoms with Crippen LogP contribution in [0.15, 0.2) is 0 Å². The normalized spacial score (nSPS) is 17.4. The van der Waals surface area contributed by atoms with Gasteiger partial charge in [-0.25, -0.2) is 9.97 Å². The lowest BCUT2D eigenvalue weighted by Gasteiger charge is -2.47. The van der Waals surface area contributed by atoms with Gasteiger partial charge in [0, 0.05) is 24.1 Å². The van der Waals surface area contributed by atoms with E-state index in [0.717, 1.165) is 30.2 Å². The van der Waals surface area contributed by atoms with E-state index in [1.165, 1.54) is 19.3 Å². The number of nitrogens with zero attached hydrogens (tertiary/aromatic N) is 3. The van der Waals surface area contributed by atoms with Crippen molar-refractivity contribution in [2.45, 2.75) is 45.1 Å². The summed E-state index contributed by atoms with van der Waals surface area (Å²) >= 11 is 6.16. The van der Waals surface area contributed by atoms with Gasteiger partial charge in [-0.1, -0.05) is 18.5 Å². The highest BCUT2D eigenvalue weighted by Gasteiger charge is 2.38. The van der Waals surface area contributed by atoms with Crippen molar-refractivity contribution in [3.8, 4) is 0 Å². The Labute approximate surface area is 120 Å². The number of nitrogens with one attached hydrogen (secondary N) is 1. The van der Waals surface area contributed by atoms with Crippen LogP contribution >= 0.6 is 11.6 Å². The molecule has 1 fully saturated rings. The van der Waals surface area contributed by atoms with Crippen molar-refractivity contribution in [3.63, 3.8) is 0 Å². The van der Waals surface area contributed by atoms with Gasteiger partial charge < -0.3 is 10.2 Å². The number of likely N-dealkylation sites (N-methyl/N-ethyl adjacent to an activating group) is 1. The van der Waals surface area contributed by atoms with Crippen LogP contribution < -0.4 is 5.32 Å². The highest BCUT2D eigenvalue weighted by Crippen LogP contribution is 2.36. The summed E-state index contributed by atoms with van der Waals surface area (Å²) in [5.41, 5.74) is 1.21. The molecule has 0 aliphatic heterocycles. The first-order valence-electron chi connectivity index (χ1n) is 6.93. The maximum Gasteiger partial charge on any atom is 0.137 e. The zero-order valence-corrected chi connectivity index (χ0v) is 13.0. The van der Waals surface area contributed by atoms with E-state index in [9.17, 15) is 0 Å². The van der Waals surface area contributed by atoms with Crippen molar-refractivity contribution >= 4 is 17.4 Å². The summed E-state index contributed by atoms with van der Waals surface area (Å²) in [6.45, 7) is 4.92. The standard InChI is InChI=1S/C14H23ClN4/c1-5-11-17-12(15)10(2)13(18-11)16-9-14(19(3)4)7-6-8-14/h5-9H2,1-4H3,(H,16,17,18). The summed E-state index contributed by atoms with van der Waals surface area (Å²) in [6, 6.07) is 0. The van der Waals surface area contributed by atoms with Crippen LogP contribution in [0, 0.1) is 6.92 Å². The van der Waals surface area contributed by atoms with E-state index >= 15 is 0 Å². The smallest absolute Gasteiger partial charge is 0.137 e. The van der Waals surface area contributed by atoms with Crippen molar-refractivity contribution in [2.75, 3.05) is 26.0 Å². The predicted octanol–water partition coefficient (Wildman–Crippen LogP) is 2.90. The number of hydrogen-bond acceptors (Lipinski definition) is 4. The third-order valence-corrected chi connectivity index (χ3v) is 4.63. The van der Waals surface area contributed by atoms with Crippen molar-refractivity contribution in [1.29, 1.82) is 0 Å². The summed E-state index contributed by atoms with van der Waals surface area (Å²) in [5.74, 6) is 1.68. The van der Waals surface area contributed by atoms with E-state index < -0.39 is 0 Å². The lowest BCUT2D eigenvalue weighted by Crippen LogP contribution is -2.54. The number of halogens is 1. The maximum absolute atomic E-state index is 6.16. The van der Waals surface area contributed by atoms with Crippen LogP contribution in [0.5, 0.6) is 0 Å². The van der Waals surface area contributed by atoms with Gasteiger partial charge in [-0.3, -0.25) is 0 Å². The second-order valence-corrected chi connectivity index (χ2v) is 5.94. The van der Waals surface area contributed by atoms with Gasteiger partial charge in [0.1, 0.15) is 16.8 Å². The monoisotopic (exact) mass is 282 g/mol. The molecular weight excluding hydrogens is 260 g/mol. The van der Waals surface area contributed by atoms with E-state index in [4.69, 9.17) is 11.6 Å². The van der Waals surface area contributed by atoms with Crippen LogP contribution in [0.1, 0.15) is 37.6 Å². The zero-order chi connectivity index (χ0) is 14.0. The second-order valence-electron chi connectivity index (χ2n) is 5.58. The number of rotatable bonds is 5. The van der Waals surface area contributed by atoms with Gasteiger partial charge in [-0.2, -0.15) is 0 Å². The Morgan fingerprint density at radius 2 is 2.00 bits per heavy atom. The molecule has 1 aliphatic carbocycles. The maximum atomic E-state index is 6.16. The van der Waals surface area contributed by atoms with Gasteiger partial charge in [0.25, 0.3) is 0 Å². The van der Waals surface area contributed by atoms with Gasteiger partial charge in [-0.05, 0) is 40.3 Å². The molecule has 0 unspecified atom stereocenters. The zero-order valence-electron chi connectivity index (χ0n) is 12.3. The molecule has 0 aromatic carbocycles. The molecule has 0 bridgehead atoms. The summed E-state index contributed by atoms with van der Waals surface area (Å²) < 4.78 is 0. The van der Waals surface area contributed by atoms with Crippen LogP contribution in [0.3, 0.4) is 0 Å². The Kier molecular flexibility index (Phi) is 4.31. The molecule has 5 heteroatoms. The van der Waals surface area contributed by atoms with Crippen LogP contribution in [-0.2, 0) is 6.42 Å². The van der Waals surface area contributed by atoms with E-state index in [2.05, 4.69) is 34.3 Å². The molecule has 2 rings (SSSR count). The molecule has 0 amide bonds. The molecule has 4 nitrogen and oxygen atoms in total. The third kappa shape index (κ3) is 2.84. The molecule has 19 heavy (non-hydrogen) atoms. The quantitative estimate of drug-likeness (QED) is 0.843. The minimum absolute atomic E-state index is 0.274. The molecule has 0 radical (unpaired) electrons. The molecule has 1 saturated carbocycles. The van der Waals surface area contributed by atoms with Gasteiger partial charge in [0.2, 0.25) is 0 Å². The second kappa shape index (κ2) is 5.63. The van der Waals surface area contributed by atoms with Crippen molar-refractivity contribution in [1.82, 2.24) is 14.9 Å². The first kappa shape index (κ1) is 14.5. The van der Waals surface area contributed by atoms with Crippen LogP contribution in [0.4, 0.5) is 5.82 Å². The average molecular weight is 283 g/mol. The fourth-order valence-electron chi connectivity index (χ4n) is 2.48. The van der Waals surface area contributed by atoms with Gasteiger partial charge in [0.15, 0.2) is 0 Å². The Morgan fingerprint density at radius 1 is 1.32 bits per heavy atom. The van der Waals surface area contributed by atoms with Crippen molar-refractivity contribution in [2.24, 2.45) is 0 Å².